The van der Waals surface area contributed by atoms with Crippen molar-refractivity contribution in [1.29, 1.82) is 0 Å². The number of aliphatic hydroxyl groups is 2. The Morgan fingerprint density at radius 2 is 1.86 bits per heavy atom. The maximum atomic E-state index is 11.0. The zero-order chi connectivity index (χ0) is 15.5. The van der Waals surface area contributed by atoms with Crippen LogP contribution in [0.4, 0.5) is 0 Å². The van der Waals surface area contributed by atoms with Gasteiger partial charge in [-0.25, -0.2) is 4.79 Å². The fraction of sp³-hybridized carbons (Fsp3) is 0.167. The number of carbonyl (C=O) groups excluding carboxylic acids is 1. The lowest BCUT2D eigenvalue weighted by molar-refractivity contribution is -0.142. The molecular formula is C18H14O4. The van der Waals surface area contributed by atoms with Gasteiger partial charge in [0.2, 0.25) is 5.76 Å². The lowest BCUT2D eigenvalue weighted by Gasteiger charge is -2.06. The number of cyclic esters (lactones) is 1. The molecule has 4 nitrogen and oxygen atoms in total. The van der Waals surface area contributed by atoms with E-state index < -0.39 is 23.6 Å². The first-order valence-electron chi connectivity index (χ1n) is 6.96. The molecule has 0 aliphatic carbocycles. The minimum atomic E-state index is -0.884. The molecule has 2 N–H and O–H groups in total. The van der Waals surface area contributed by atoms with Crippen molar-refractivity contribution < 1.29 is 19.7 Å². The minimum Gasteiger partial charge on any atom is -0.505 e. The number of carbonyl (C=O) groups is 1. The second kappa shape index (κ2) is 5.82. The zero-order valence-corrected chi connectivity index (χ0v) is 11.7. The van der Waals surface area contributed by atoms with Gasteiger partial charge in [0.05, 0.1) is 0 Å². The largest absolute Gasteiger partial charge is 0.505 e. The molecule has 22 heavy (non-hydrogen) atoms. The van der Waals surface area contributed by atoms with Crippen LogP contribution in [0.1, 0.15) is 18.4 Å². The van der Waals surface area contributed by atoms with E-state index in [1.165, 1.54) is 0 Å². The monoisotopic (exact) mass is 294 g/mol. The van der Waals surface area contributed by atoms with Gasteiger partial charge in [0, 0.05) is 18.4 Å². The molecule has 1 aliphatic heterocycles. The summed E-state index contributed by atoms with van der Waals surface area (Å²) in [5.41, 5.74) is 0.907. The molecule has 3 rings (SSSR count). The SMILES string of the molecule is O=C1OC(CCC#Cc2ccc3ccccc3c2)C(O)=C1O. The first kappa shape index (κ1) is 14.0. The van der Waals surface area contributed by atoms with E-state index in [1.54, 1.807) is 0 Å². The van der Waals surface area contributed by atoms with E-state index in [-0.39, 0.29) is 0 Å². The minimum absolute atomic E-state index is 0.349. The fourth-order valence-electron chi connectivity index (χ4n) is 2.33. The summed E-state index contributed by atoms with van der Waals surface area (Å²) in [7, 11) is 0. The second-order valence-corrected chi connectivity index (χ2v) is 5.03. The number of hydrogen-bond acceptors (Lipinski definition) is 4. The molecule has 110 valence electrons. The number of hydrogen-bond donors (Lipinski definition) is 2. The van der Waals surface area contributed by atoms with Gasteiger partial charge >= 0.3 is 5.97 Å². The lowest BCUT2D eigenvalue weighted by Crippen LogP contribution is -2.11. The van der Waals surface area contributed by atoms with E-state index in [0.29, 0.717) is 12.8 Å². The Balaban J connectivity index is 1.64. The standard InChI is InChI=1S/C18H14O4/c19-16-15(22-18(21)17(16)20)8-4-1-5-12-9-10-13-6-2-3-7-14(13)11-12/h2-3,6-7,9-11,15,19-20H,4,8H2. The molecule has 0 fully saturated rings. The van der Waals surface area contributed by atoms with Crippen molar-refractivity contribution in [3.05, 3.63) is 59.5 Å². The summed E-state index contributed by atoms with van der Waals surface area (Å²) in [6.07, 6.45) is 0.00282. The van der Waals surface area contributed by atoms with Gasteiger partial charge in [-0.05, 0) is 22.9 Å². The molecule has 0 aromatic heterocycles. The number of fused-ring (bicyclic) bond motifs is 1. The molecular weight excluding hydrogens is 280 g/mol. The normalized spacial score (nSPS) is 17.3. The second-order valence-electron chi connectivity index (χ2n) is 5.03. The summed E-state index contributed by atoms with van der Waals surface area (Å²) in [5.74, 6) is 4.04. The van der Waals surface area contributed by atoms with Gasteiger partial charge in [0.1, 0.15) is 0 Å². The number of benzene rings is 2. The van der Waals surface area contributed by atoms with Gasteiger partial charge < -0.3 is 14.9 Å². The third-order valence-electron chi connectivity index (χ3n) is 3.50. The summed E-state index contributed by atoms with van der Waals surface area (Å²) >= 11 is 0. The average Bonchev–Trinajstić information content (AvgIpc) is 2.78. The molecule has 1 heterocycles. The Labute approximate surface area is 127 Å². The number of rotatable bonds is 2. The molecule has 1 aliphatic rings. The van der Waals surface area contributed by atoms with Crippen LogP contribution in [0.2, 0.25) is 0 Å². The summed E-state index contributed by atoms with van der Waals surface area (Å²) < 4.78 is 4.82. The smallest absolute Gasteiger partial charge is 0.377 e. The molecule has 1 unspecified atom stereocenters. The molecule has 1 atom stereocenters. The van der Waals surface area contributed by atoms with Gasteiger partial charge in [-0.1, -0.05) is 42.2 Å². The van der Waals surface area contributed by atoms with Crippen LogP contribution < -0.4 is 0 Å². The van der Waals surface area contributed by atoms with E-state index in [2.05, 4.69) is 11.8 Å². The zero-order valence-electron chi connectivity index (χ0n) is 11.7. The third-order valence-corrected chi connectivity index (χ3v) is 3.50. The third kappa shape index (κ3) is 2.75. The Bertz CT molecular complexity index is 824. The predicted octanol–water partition coefficient (Wildman–Crippen LogP) is 3.22. The van der Waals surface area contributed by atoms with Crippen LogP contribution in [0, 0.1) is 11.8 Å². The highest BCUT2D eigenvalue weighted by molar-refractivity contribution is 5.89. The lowest BCUT2D eigenvalue weighted by atomic mass is 10.1. The van der Waals surface area contributed by atoms with E-state index in [0.717, 1.165) is 16.3 Å². The summed E-state index contributed by atoms with van der Waals surface area (Å²) in [6, 6.07) is 14.0. The van der Waals surface area contributed by atoms with Crippen molar-refractivity contribution in [2.75, 3.05) is 0 Å². The molecule has 0 bridgehead atoms. The van der Waals surface area contributed by atoms with Gasteiger partial charge in [0.15, 0.2) is 11.9 Å². The van der Waals surface area contributed by atoms with Crippen LogP contribution in [0.3, 0.4) is 0 Å². The molecule has 0 spiro atoms. The summed E-state index contributed by atoms with van der Waals surface area (Å²) in [6.45, 7) is 0. The van der Waals surface area contributed by atoms with Crippen LogP contribution in [0.15, 0.2) is 54.0 Å². The van der Waals surface area contributed by atoms with Gasteiger partial charge in [-0.15, -0.1) is 0 Å². The van der Waals surface area contributed by atoms with E-state index in [9.17, 15) is 15.0 Å². The molecule has 2 aromatic rings. The fourth-order valence-corrected chi connectivity index (χ4v) is 2.33. The van der Waals surface area contributed by atoms with Crippen LogP contribution in [0.25, 0.3) is 10.8 Å². The van der Waals surface area contributed by atoms with Crippen molar-refractivity contribution >= 4 is 16.7 Å². The van der Waals surface area contributed by atoms with Gasteiger partial charge in [0.25, 0.3) is 0 Å². The summed E-state index contributed by atoms with van der Waals surface area (Å²) in [5, 5.41) is 21.0. The van der Waals surface area contributed by atoms with E-state index in [4.69, 9.17) is 4.74 Å². The molecule has 2 aromatic carbocycles. The molecule has 0 radical (unpaired) electrons. The number of esters is 1. The Kier molecular flexibility index (Phi) is 3.71. The topological polar surface area (TPSA) is 66.8 Å². The van der Waals surface area contributed by atoms with Crippen molar-refractivity contribution in [2.45, 2.75) is 18.9 Å². The van der Waals surface area contributed by atoms with Crippen molar-refractivity contribution in [1.82, 2.24) is 0 Å². The highest BCUT2D eigenvalue weighted by Crippen LogP contribution is 2.22. The Morgan fingerprint density at radius 3 is 2.59 bits per heavy atom. The highest BCUT2D eigenvalue weighted by Gasteiger charge is 2.33. The molecule has 0 saturated heterocycles. The number of ether oxygens (including phenoxy) is 1. The first-order valence-corrected chi connectivity index (χ1v) is 6.96. The van der Waals surface area contributed by atoms with Crippen LogP contribution in [-0.4, -0.2) is 22.3 Å². The maximum Gasteiger partial charge on any atom is 0.377 e. The van der Waals surface area contributed by atoms with Crippen molar-refractivity contribution in [3.63, 3.8) is 0 Å². The van der Waals surface area contributed by atoms with Crippen molar-refractivity contribution in [2.24, 2.45) is 0 Å². The van der Waals surface area contributed by atoms with E-state index >= 15 is 0 Å². The Hall–Kier alpha value is -2.93. The predicted molar refractivity (Wildman–Crippen MR) is 82.2 cm³/mol. The highest BCUT2D eigenvalue weighted by atomic mass is 16.6. The summed E-state index contributed by atoms with van der Waals surface area (Å²) in [4.78, 5) is 11.0. The maximum absolute atomic E-state index is 11.0. The number of aliphatic hydroxyl groups excluding tert-OH is 2. The molecule has 0 amide bonds. The molecule has 0 saturated carbocycles. The quantitative estimate of drug-likeness (QED) is 0.659. The van der Waals surface area contributed by atoms with Gasteiger partial charge in [-0.3, -0.25) is 0 Å². The average molecular weight is 294 g/mol. The van der Waals surface area contributed by atoms with Crippen LogP contribution in [0.5, 0.6) is 0 Å². The first-order chi connectivity index (χ1) is 10.6. The Morgan fingerprint density at radius 1 is 1.09 bits per heavy atom. The van der Waals surface area contributed by atoms with E-state index in [1.807, 2.05) is 42.5 Å². The van der Waals surface area contributed by atoms with Crippen molar-refractivity contribution in [3.8, 4) is 11.8 Å². The van der Waals surface area contributed by atoms with Crippen LogP contribution >= 0.6 is 0 Å². The molecule has 4 heteroatoms. The van der Waals surface area contributed by atoms with Crippen LogP contribution in [-0.2, 0) is 9.53 Å². The van der Waals surface area contributed by atoms with Gasteiger partial charge in [-0.2, -0.15) is 0 Å².